The standard InChI is InChI=1S/C7H9NO2/c1-3-4-8-7(10)6(2)5-9/h1,9H,2,4-5H2,(H,8,10). The average molecular weight is 139 g/mol. The number of carbonyl (C=O) groups excluding carboxylic acids is 1. The third kappa shape index (κ3) is 2.90. The lowest BCUT2D eigenvalue weighted by Gasteiger charge is -1.99. The van der Waals surface area contributed by atoms with Crippen LogP contribution in [-0.2, 0) is 4.79 Å². The first kappa shape index (κ1) is 8.73. The van der Waals surface area contributed by atoms with E-state index in [1.54, 1.807) is 0 Å². The molecule has 10 heavy (non-hydrogen) atoms. The lowest BCUT2D eigenvalue weighted by atomic mass is 10.3. The molecule has 3 nitrogen and oxygen atoms in total. The van der Waals surface area contributed by atoms with Crippen LogP contribution in [0.5, 0.6) is 0 Å². The van der Waals surface area contributed by atoms with Gasteiger partial charge in [0.25, 0.3) is 0 Å². The van der Waals surface area contributed by atoms with Crippen LogP contribution in [0.3, 0.4) is 0 Å². The summed E-state index contributed by atoms with van der Waals surface area (Å²) in [5.74, 6) is 1.82. The Morgan fingerprint density at radius 3 is 2.80 bits per heavy atom. The van der Waals surface area contributed by atoms with Crippen molar-refractivity contribution in [3.63, 3.8) is 0 Å². The maximum Gasteiger partial charge on any atom is 0.249 e. The molecule has 0 saturated carbocycles. The number of aliphatic hydroxyl groups is 1. The monoisotopic (exact) mass is 139 g/mol. The van der Waals surface area contributed by atoms with Crippen LogP contribution in [-0.4, -0.2) is 24.2 Å². The minimum atomic E-state index is -0.402. The summed E-state index contributed by atoms with van der Waals surface area (Å²) >= 11 is 0. The number of hydrogen-bond donors (Lipinski definition) is 2. The van der Waals surface area contributed by atoms with Crippen molar-refractivity contribution in [3.8, 4) is 12.3 Å². The molecule has 0 radical (unpaired) electrons. The number of hydrogen-bond acceptors (Lipinski definition) is 2. The Morgan fingerprint density at radius 2 is 2.40 bits per heavy atom. The second kappa shape index (κ2) is 4.59. The van der Waals surface area contributed by atoms with Crippen molar-refractivity contribution in [2.24, 2.45) is 0 Å². The van der Waals surface area contributed by atoms with E-state index in [4.69, 9.17) is 11.5 Å². The van der Waals surface area contributed by atoms with Crippen LogP contribution in [0.15, 0.2) is 12.2 Å². The summed E-state index contributed by atoms with van der Waals surface area (Å²) in [6.07, 6.45) is 4.86. The van der Waals surface area contributed by atoms with Crippen molar-refractivity contribution >= 4 is 5.91 Å². The van der Waals surface area contributed by atoms with Gasteiger partial charge in [-0.15, -0.1) is 6.42 Å². The molecular weight excluding hydrogens is 130 g/mol. The van der Waals surface area contributed by atoms with Crippen molar-refractivity contribution in [1.82, 2.24) is 5.32 Å². The molecule has 0 aliphatic rings. The van der Waals surface area contributed by atoms with Gasteiger partial charge in [-0.1, -0.05) is 12.5 Å². The van der Waals surface area contributed by atoms with E-state index in [0.717, 1.165) is 0 Å². The van der Waals surface area contributed by atoms with Gasteiger partial charge in [0.05, 0.1) is 13.2 Å². The molecule has 0 aromatic carbocycles. The van der Waals surface area contributed by atoms with Gasteiger partial charge in [-0.3, -0.25) is 4.79 Å². The van der Waals surface area contributed by atoms with Gasteiger partial charge < -0.3 is 10.4 Å². The van der Waals surface area contributed by atoms with Gasteiger partial charge in [0.2, 0.25) is 5.91 Å². The Labute approximate surface area is 59.7 Å². The highest BCUT2D eigenvalue weighted by molar-refractivity contribution is 5.93. The highest BCUT2D eigenvalue weighted by atomic mass is 16.3. The highest BCUT2D eigenvalue weighted by Crippen LogP contribution is 1.84. The SMILES string of the molecule is C#CCNC(=O)C(=C)CO. The van der Waals surface area contributed by atoms with Crippen molar-refractivity contribution in [3.05, 3.63) is 12.2 Å². The summed E-state index contributed by atoms with van der Waals surface area (Å²) in [7, 11) is 0. The maximum absolute atomic E-state index is 10.7. The van der Waals surface area contributed by atoms with Crippen molar-refractivity contribution in [2.75, 3.05) is 13.2 Å². The molecule has 0 fully saturated rings. The van der Waals surface area contributed by atoms with E-state index in [-0.39, 0.29) is 18.7 Å². The normalized spacial score (nSPS) is 8.00. The fraction of sp³-hybridized carbons (Fsp3) is 0.286. The van der Waals surface area contributed by atoms with Crippen LogP contribution < -0.4 is 5.32 Å². The second-order valence-electron chi connectivity index (χ2n) is 1.65. The molecule has 0 aromatic heterocycles. The smallest absolute Gasteiger partial charge is 0.249 e. The lowest BCUT2D eigenvalue weighted by Crippen LogP contribution is -2.25. The Bertz CT molecular complexity index is 179. The minimum absolute atomic E-state index is 0.121. The molecule has 0 heterocycles. The zero-order valence-electron chi connectivity index (χ0n) is 5.55. The molecule has 0 aliphatic carbocycles. The Kier molecular flexibility index (Phi) is 4.01. The van der Waals surface area contributed by atoms with E-state index in [0.29, 0.717) is 0 Å². The number of aliphatic hydroxyl groups excluding tert-OH is 1. The number of nitrogens with one attached hydrogen (secondary N) is 1. The molecule has 0 saturated heterocycles. The molecule has 0 aliphatic heterocycles. The van der Waals surface area contributed by atoms with E-state index in [2.05, 4.69) is 17.8 Å². The molecule has 2 N–H and O–H groups in total. The Morgan fingerprint density at radius 1 is 1.80 bits per heavy atom. The molecule has 0 spiro atoms. The summed E-state index contributed by atoms with van der Waals surface area (Å²) in [6, 6.07) is 0. The van der Waals surface area contributed by atoms with E-state index in [1.165, 1.54) is 0 Å². The molecule has 1 amide bonds. The van der Waals surface area contributed by atoms with Crippen LogP contribution in [0.1, 0.15) is 0 Å². The second-order valence-corrected chi connectivity index (χ2v) is 1.65. The third-order valence-corrected chi connectivity index (χ3v) is 0.863. The van der Waals surface area contributed by atoms with Crippen molar-refractivity contribution in [1.29, 1.82) is 0 Å². The molecule has 0 aromatic rings. The van der Waals surface area contributed by atoms with Gasteiger partial charge in [0.15, 0.2) is 0 Å². The van der Waals surface area contributed by atoms with Crippen LogP contribution >= 0.6 is 0 Å². The van der Waals surface area contributed by atoms with Crippen LogP contribution in [0.25, 0.3) is 0 Å². The Balaban J connectivity index is 3.65. The average Bonchev–Trinajstić information content (AvgIpc) is 1.98. The fourth-order valence-electron chi connectivity index (χ4n) is 0.328. The molecular formula is C7H9NO2. The van der Waals surface area contributed by atoms with E-state index >= 15 is 0 Å². The first-order valence-corrected chi connectivity index (χ1v) is 2.72. The van der Waals surface area contributed by atoms with E-state index < -0.39 is 5.91 Å². The summed E-state index contributed by atoms with van der Waals surface area (Å²) in [6.45, 7) is 3.12. The third-order valence-electron chi connectivity index (χ3n) is 0.863. The first-order chi connectivity index (χ1) is 4.72. The zero-order valence-corrected chi connectivity index (χ0v) is 5.55. The van der Waals surface area contributed by atoms with Gasteiger partial charge in [-0.25, -0.2) is 0 Å². The van der Waals surface area contributed by atoms with Crippen LogP contribution in [0, 0.1) is 12.3 Å². The summed E-state index contributed by atoms with van der Waals surface area (Å²) in [5.41, 5.74) is 0.121. The fourth-order valence-corrected chi connectivity index (χ4v) is 0.328. The predicted octanol–water partition coefficient (Wildman–Crippen LogP) is -0.716. The molecule has 0 bridgehead atoms. The highest BCUT2D eigenvalue weighted by Gasteiger charge is 2.01. The first-order valence-electron chi connectivity index (χ1n) is 2.72. The minimum Gasteiger partial charge on any atom is -0.391 e. The molecule has 54 valence electrons. The van der Waals surface area contributed by atoms with Gasteiger partial charge in [-0.05, 0) is 0 Å². The number of carbonyl (C=O) groups is 1. The zero-order chi connectivity index (χ0) is 7.98. The predicted molar refractivity (Wildman–Crippen MR) is 38.1 cm³/mol. The number of amides is 1. The van der Waals surface area contributed by atoms with E-state index in [1.807, 2.05) is 0 Å². The van der Waals surface area contributed by atoms with Gasteiger partial charge in [0.1, 0.15) is 0 Å². The summed E-state index contributed by atoms with van der Waals surface area (Å²) in [5, 5.41) is 10.7. The van der Waals surface area contributed by atoms with Gasteiger partial charge in [-0.2, -0.15) is 0 Å². The topological polar surface area (TPSA) is 49.3 Å². The lowest BCUT2D eigenvalue weighted by molar-refractivity contribution is -0.117. The van der Waals surface area contributed by atoms with Crippen LogP contribution in [0.2, 0.25) is 0 Å². The van der Waals surface area contributed by atoms with Gasteiger partial charge >= 0.3 is 0 Å². The Hall–Kier alpha value is -1.27. The van der Waals surface area contributed by atoms with Gasteiger partial charge in [0, 0.05) is 5.57 Å². The summed E-state index contributed by atoms with van der Waals surface area (Å²) in [4.78, 5) is 10.7. The largest absolute Gasteiger partial charge is 0.391 e. The van der Waals surface area contributed by atoms with Crippen LogP contribution in [0.4, 0.5) is 0 Å². The van der Waals surface area contributed by atoms with Crippen molar-refractivity contribution in [2.45, 2.75) is 0 Å². The summed E-state index contributed by atoms with van der Waals surface area (Å²) < 4.78 is 0. The molecule has 0 rings (SSSR count). The van der Waals surface area contributed by atoms with Crippen molar-refractivity contribution < 1.29 is 9.90 Å². The maximum atomic E-state index is 10.7. The molecule has 0 unspecified atom stereocenters. The van der Waals surface area contributed by atoms with E-state index in [9.17, 15) is 4.79 Å². The number of rotatable bonds is 3. The number of terminal acetylenes is 1. The molecule has 0 atom stereocenters. The quantitative estimate of drug-likeness (QED) is 0.400. The molecule has 3 heteroatoms.